The molecule has 0 saturated carbocycles. The second-order valence-corrected chi connectivity index (χ2v) is 6.28. The standard InChI is InChI=1S/C18H29N3O2/c1-7-21(14(4)13(2)3)18(23)19-17-10-8-9-16(11-17)12-20(6)15(5)22/h8-11,13-14H,7,12H2,1-6H3,(H,19,23)/t14-/m1/s1. The highest BCUT2D eigenvalue weighted by atomic mass is 16.2. The van der Waals surface area contributed by atoms with Gasteiger partial charge in [0, 0.05) is 38.8 Å². The average molecular weight is 319 g/mol. The topological polar surface area (TPSA) is 52.7 Å². The third-order valence-corrected chi connectivity index (χ3v) is 4.19. The second kappa shape index (κ2) is 8.56. The number of nitrogens with one attached hydrogen (secondary N) is 1. The van der Waals surface area contributed by atoms with Crippen LogP contribution in [0, 0.1) is 5.92 Å². The normalized spacial score (nSPS) is 12.0. The fraction of sp³-hybridized carbons (Fsp3) is 0.556. The third-order valence-electron chi connectivity index (χ3n) is 4.19. The highest BCUT2D eigenvalue weighted by molar-refractivity contribution is 5.89. The van der Waals surface area contributed by atoms with Crippen molar-refractivity contribution in [2.45, 2.75) is 47.2 Å². The molecule has 0 unspecified atom stereocenters. The van der Waals surface area contributed by atoms with Gasteiger partial charge < -0.3 is 15.1 Å². The number of carbonyl (C=O) groups excluding carboxylic acids is 2. The number of nitrogens with zero attached hydrogens (tertiary/aromatic N) is 2. The van der Waals surface area contributed by atoms with Crippen molar-refractivity contribution in [2.24, 2.45) is 5.92 Å². The van der Waals surface area contributed by atoms with Gasteiger partial charge in [0.25, 0.3) is 0 Å². The van der Waals surface area contributed by atoms with Crippen molar-refractivity contribution in [3.63, 3.8) is 0 Å². The van der Waals surface area contributed by atoms with E-state index in [0.717, 1.165) is 11.3 Å². The number of hydrogen-bond acceptors (Lipinski definition) is 2. The van der Waals surface area contributed by atoms with Gasteiger partial charge in [0.15, 0.2) is 0 Å². The van der Waals surface area contributed by atoms with Gasteiger partial charge in [0.2, 0.25) is 5.91 Å². The lowest BCUT2D eigenvalue weighted by molar-refractivity contribution is -0.128. The van der Waals surface area contributed by atoms with Crippen molar-refractivity contribution < 1.29 is 9.59 Å². The number of anilines is 1. The van der Waals surface area contributed by atoms with Crippen molar-refractivity contribution in [2.75, 3.05) is 18.9 Å². The van der Waals surface area contributed by atoms with E-state index in [1.807, 2.05) is 36.1 Å². The zero-order valence-corrected chi connectivity index (χ0v) is 15.1. The Bertz CT molecular complexity index is 543. The Balaban J connectivity index is 2.80. The van der Waals surface area contributed by atoms with Gasteiger partial charge in [-0.15, -0.1) is 0 Å². The molecule has 5 heteroatoms. The number of rotatable bonds is 6. The third kappa shape index (κ3) is 5.58. The van der Waals surface area contributed by atoms with Crippen LogP contribution in [-0.2, 0) is 11.3 Å². The van der Waals surface area contributed by atoms with Crippen molar-refractivity contribution in [3.05, 3.63) is 29.8 Å². The molecule has 1 atom stereocenters. The van der Waals surface area contributed by atoms with Gasteiger partial charge in [-0.05, 0) is 37.5 Å². The van der Waals surface area contributed by atoms with Crippen LogP contribution < -0.4 is 5.32 Å². The van der Waals surface area contributed by atoms with E-state index >= 15 is 0 Å². The van der Waals surface area contributed by atoms with Crippen LogP contribution in [-0.4, -0.2) is 41.4 Å². The molecular weight excluding hydrogens is 290 g/mol. The summed E-state index contributed by atoms with van der Waals surface area (Å²) < 4.78 is 0. The molecule has 0 spiro atoms. The van der Waals surface area contributed by atoms with Gasteiger partial charge in [-0.3, -0.25) is 4.79 Å². The van der Waals surface area contributed by atoms with E-state index in [1.54, 1.807) is 11.9 Å². The first kappa shape index (κ1) is 19.0. The Kier molecular flexibility index (Phi) is 7.07. The van der Waals surface area contributed by atoms with Gasteiger partial charge >= 0.3 is 6.03 Å². The average Bonchev–Trinajstić information content (AvgIpc) is 2.47. The Morgan fingerprint density at radius 3 is 2.39 bits per heavy atom. The molecule has 128 valence electrons. The van der Waals surface area contributed by atoms with E-state index in [1.165, 1.54) is 6.92 Å². The predicted molar refractivity (Wildman–Crippen MR) is 94.3 cm³/mol. The molecule has 1 rings (SSSR count). The van der Waals surface area contributed by atoms with E-state index in [4.69, 9.17) is 0 Å². The van der Waals surface area contributed by atoms with Gasteiger partial charge in [-0.25, -0.2) is 4.79 Å². The second-order valence-electron chi connectivity index (χ2n) is 6.28. The van der Waals surface area contributed by atoms with Crippen LogP contribution >= 0.6 is 0 Å². The number of hydrogen-bond donors (Lipinski definition) is 1. The van der Waals surface area contributed by atoms with Gasteiger partial charge in [-0.1, -0.05) is 26.0 Å². The van der Waals surface area contributed by atoms with Crippen LogP contribution in [0.25, 0.3) is 0 Å². The molecule has 0 aromatic heterocycles. The molecule has 1 N–H and O–H groups in total. The molecule has 1 aromatic carbocycles. The smallest absolute Gasteiger partial charge is 0.322 e. The van der Waals surface area contributed by atoms with E-state index in [9.17, 15) is 9.59 Å². The Labute approximate surface area is 139 Å². The summed E-state index contributed by atoms with van der Waals surface area (Å²) in [5.41, 5.74) is 1.74. The highest BCUT2D eigenvalue weighted by Crippen LogP contribution is 2.16. The summed E-state index contributed by atoms with van der Waals surface area (Å²) in [6.45, 7) is 11.0. The van der Waals surface area contributed by atoms with Crippen LogP contribution in [0.15, 0.2) is 24.3 Å². The van der Waals surface area contributed by atoms with E-state index in [0.29, 0.717) is 19.0 Å². The highest BCUT2D eigenvalue weighted by Gasteiger charge is 2.21. The maximum Gasteiger partial charge on any atom is 0.322 e. The minimum atomic E-state index is -0.0919. The zero-order chi connectivity index (χ0) is 17.6. The molecule has 0 radical (unpaired) electrons. The molecule has 0 aliphatic rings. The number of urea groups is 1. The SMILES string of the molecule is CCN(C(=O)Nc1cccc(CN(C)C(C)=O)c1)[C@H](C)C(C)C. The Hall–Kier alpha value is -2.04. The zero-order valence-electron chi connectivity index (χ0n) is 15.1. The molecule has 0 saturated heterocycles. The summed E-state index contributed by atoms with van der Waals surface area (Å²) >= 11 is 0. The first-order valence-electron chi connectivity index (χ1n) is 8.14. The number of carbonyl (C=O) groups is 2. The summed E-state index contributed by atoms with van der Waals surface area (Å²) in [4.78, 5) is 27.3. The molecule has 23 heavy (non-hydrogen) atoms. The molecule has 0 fully saturated rings. The lowest BCUT2D eigenvalue weighted by atomic mass is 10.1. The Morgan fingerprint density at radius 2 is 1.87 bits per heavy atom. The molecule has 0 aliphatic carbocycles. The summed E-state index contributed by atoms with van der Waals surface area (Å²) in [5.74, 6) is 0.415. The van der Waals surface area contributed by atoms with Crippen molar-refractivity contribution in [1.82, 2.24) is 9.80 Å². The first-order chi connectivity index (χ1) is 10.8. The monoisotopic (exact) mass is 319 g/mol. The fourth-order valence-corrected chi connectivity index (χ4v) is 2.30. The molecule has 0 heterocycles. The Morgan fingerprint density at radius 1 is 1.22 bits per heavy atom. The quantitative estimate of drug-likeness (QED) is 0.871. The lowest BCUT2D eigenvalue weighted by Gasteiger charge is -2.31. The number of benzene rings is 1. The van der Waals surface area contributed by atoms with Crippen LogP contribution in [0.2, 0.25) is 0 Å². The molecular formula is C18H29N3O2. The van der Waals surface area contributed by atoms with Crippen LogP contribution in [0.4, 0.5) is 10.5 Å². The summed E-state index contributed by atoms with van der Waals surface area (Å²) in [7, 11) is 1.76. The van der Waals surface area contributed by atoms with E-state index in [-0.39, 0.29) is 18.0 Å². The van der Waals surface area contributed by atoms with Crippen LogP contribution in [0.5, 0.6) is 0 Å². The number of amides is 3. The van der Waals surface area contributed by atoms with Crippen LogP contribution in [0.3, 0.4) is 0 Å². The first-order valence-corrected chi connectivity index (χ1v) is 8.14. The van der Waals surface area contributed by atoms with Gasteiger partial charge in [0.05, 0.1) is 0 Å². The molecule has 5 nitrogen and oxygen atoms in total. The van der Waals surface area contributed by atoms with E-state index in [2.05, 4.69) is 26.1 Å². The molecule has 0 aliphatic heterocycles. The summed E-state index contributed by atoms with van der Waals surface area (Å²) in [6, 6.07) is 7.69. The van der Waals surface area contributed by atoms with Crippen LogP contribution in [0.1, 0.15) is 40.2 Å². The summed E-state index contributed by atoms with van der Waals surface area (Å²) in [6.07, 6.45) is 0. The van der Waals surface area contributed by atoms with E-state index < -0.39 is 0 Å². The van der Waals surface area contributed by atoms with Gasteiger partial charge in [0.1, 0.15) is 0 Å². The molecule has 0 bridgehead atoms. The predicted octanol–water partition coefficient (Wildman–Crippen LogP) is 3.56. The lowest BCUT2D eigenvalue weighted by Crippen LogP contribution is -2.43. The van der Waals surface area contributed by atoms with Crippen molar-refractivity contribution in [1.29, 1.82) is 0 Å². The largest absolute Gasteiger partial charge is 0.342 e. The molecule has 1 aromatic rings. The fourth-order valence-electron chi connectivity index (χ4n) is 2.30. The van der Waals surface area contributed by atoms with Crippen molar-refractivity contribution in [3.8, 4) is 0 Å². The minimum absolute atomic E-state index is 0.0161. The van der Waals surface area contributed by atoms with Crippen molar-refractivity contribution >= 4 is 17.6 Å². The van der Waals surface area contributed by atoms with Gasteiger partial charge in [-0.2, -0.15) is 0 Å². The molecule has 3 amide bonds. The minimum Gasteiger partial charge on any atom is -0.342 e. The summed E-state index contributed by atoms with van der Waals surface area (Å²) in [5, 5.41) is 2.96. The maximum absolute atomic E-state index is 12.5. The maximum atomic E-state index is 12.5.